The molecule has 0 spiro atoms. The Morgan fingerprint density at radius 2 is 1.32 bits per heavy atom. The number of carbonyl (C=O) groups is 4. The van der Waals surface area contributed by atoms with E-state index < -0.39 is 18.2 Å². The van der Waals surface area contributed by atoms with Gasteiger partial charge in [0, 0.05) is 37.8 Å². The molecule has 0 N–H and O–H groups in total. The molecule has 31 heavy (non-hydrogen) atoms. The first-order valence-corrected chi connectivity index (χ1v) is 10.5. The van der Waals surface area contributed by atoms with E-state index in [0.717, 1.165) is 12.2 Å². The molecule has 0 aromatic heterocycles. The molecule has 1 aliphatic rings. The molecule has 174 valence electrons. The summed E-state index contributed by atoms with van der Waals surface area (Å²) in [4.78, 5) is 45.7. The van der Waals surface area contributed by atoms with Gasteiger partial charge in [-0.25, -0.2) is 9.59 Å². The van der Waals surface area contributed by atoms with E-state index in [2.05, 4.69) is 13.2 Å². The van der Waals surface area contributed by atoms with Gasteiger partial charge in [0.15, 0.2) is 0 Å². The maximum absolute atomic E-state index is 12.0. The predicted octanol–water partition coefficient (Wildman–Crippen LogP) is 2.77. The van der Waals surface area contributed by atoms with Crippen molar-refractivity contribution in [3.63, 3.8) is 0 Å². The number of hydrogen-bond acceptors (Lipinski definition) is 9. The smallest absolute Gasteiger partial charge is 0.330 e. The molecule has 0 aromatic carbocycles. The van der Waals surface area contributed by atoms with Gasteiger partial charge < -0.3 is 23.7 Å². The Kier molecular flexibility index (Phi) is 13.7. The van der Waals surface area contributed by atoms with Crippen molar-refractivity contribution in [1.82, 2.24) is 0 Å². The summed E-state index contributed by atoms with van der Waals surface area (Å²) in [7, 11) is 0. The van der Waals surface area contributed by atoms with E-state index in [4.69, 9.17) is 23.7 Å². The van der Waals surface area contributed by atoms with Gasteiger partial charge in [-0.15, -0.1) is 0 Å². The molecule has 1 rings (SSSR count). The lowest BCUT2D eigenvalue weighted by atomic mass is 10.1. The summed E-state index contributed by atoms with van der Waals surface area (Å²) in [6.07, 6.45) is 5.40. The van der Waals surface area contributed by atoms with Gasteiger partial charge in [0.25, 0.3) is 0 Å². The molecule has 1 fully saturated rings. The van der Waals surface area contributed by atoms with Crippen LogP contribution in [0.1, 0.15) is 57.8 Å². The van der Waals surface area contributed by atoms with Gasteiger partial charge in [0.1, 0.15) is 6.10 Å². The molecular weight excluding hydrogens is 408 g/mol. The Bertz CT molecular complexity index is 562. The van der Waals surface area contributed by atoms with E-state index in [1.54, 1.807) is 0 Å². The summed E-state index contributed by atoms with van der Waals surface area (Å²) >= 11 is 0. The van der Waals surface area contributed by atoms with Crippen molar-refractivity contribution in [2.75, 3.05) is 19.8 Å². The highest BCUT2D eigenvalue weighted by atomic mass is 16.7. The minimum atomic E-state index is -0.658. The zero-order valence-corrected chi connectivity index (χ0v) is 17.9. The zero-order valence-electron chi connectivity index (χ0n) is 17.9. The van der Waals surface area contributed by atoms with Crippen molar-refractivity contribution < 1.29 is 42.9 Å². The van der Waals surface area contributed by atoms with Crippen LogP contribution in [0.3, 0.4) is 0 Å². The van der Waals surface area contributed by atoms with Gasteiger partial charge in [0.2, 0.25) is 6.29 Å². The van der Waals surface area contributed by atoms with E-state index in [9.17, 15) is 19.2 Å². The van der Waals surface area contributed by atoms with Gasteiger partial charge in [-0.2, -0.15) is 0 Å². The van der Waals surface area contributed by atoms with Crippen molar-refractivity contribution in [2.24, 2.45) is 0 Å². The van der Waals surface area contributed by atoms with E-state index in [1.165, 1.54) is 0 Å². The number of hydrogen-bond donors (Lipinski definition) is 0. The quantitative estimate of drug-likeness (QED) is 0.174. The number of carbonyl (C=O) groups excluding carboxylic acids is 4. The molecule has 0 radical (unpaired) electrons. The molecular formula is C22H32O9. The molecule has 1 saturated heterocycles. The van der Waals surface area contributed by atoms with Gasteiger partial charge in [-0.1, -0.05) is 13.2 Å². The van der Waals surface area contributed by atoms with Crippen LogP contribution in [0, 0.1) is 0 Å². The van der Waals surface area contributed by atoms with E-state index >= 15 is 0 Å². The Balaban J connectivity index is 2.14. The van der Waals surface area contributed by atoms with Crippen LogP contribution in [-0.4, -0.2) is 56.1 Å². The highest BCUT2D eigenvalue weighted by molar-refractivity contribution is 5.81. The standard InChI is InChI=1S/C22H32O9/c1-3-18(23)27-14-7-5-9-20(25)30-17-11-12-22(29-16-13-17)31-21(26)10-6-8-15-28-19(24)4-2/h3-4,17,22H,1-2,5-16H2. The Morgan fingerprint density at radius 3 is 1.87 bits per heavy atom. The third-order valence-electron chi connectivity index (χ3n) is 4.40. The summed E-state index contributed by atoms with van der Waals surface area (Å²) in [5.74, 6) is -1.66. The Labute approximate surface area is 182 Å². The highest BCUT2D eigenvalue weighted by Crippen LogP contribution is 2.19. The first-order chi connectivity index (χ1) is 14.9. The summed E-state index contributed by atoms with van der Waals surface area (Å²) < 4.78 is 26.0. The molecule has 0 amide bonds. The van der Waals surface area contributed by atoms with Gasteiger partial charge in [0.05, 0.1) is 19.8 Å². The Hall–Kier alpha value is -2.68. The fraction of sp³-hybridized carbons (Fsp3) is 0.636. The lowest BCUT2D eigenvalue weighted by molar-refractivity contribution is -0.178. The lowest BCUT2D eigenvalue weighted by Crippen LogP contribution is -2.21. The molecule has 1 aliphatic heterocycles. The van der Waals surface area contributed by atoms with Crippen molar-refractivity contribution in [3.05, 3.63) is 25.3 Å². The van der Waals surface area contributed by atoms with E-state index in [-0.39, 0.29) is 44.1 Å². The molecule has 2 unspecified atom stereocenters. The molecule has 2 atom stereocenters. The third kappa shape index (κ3) is 13.3. The van der Waals surface area contributed by atoms with Crippen LogP contribution in [-0.2, 0) is 42.9 Å². The summed E-state index contributed by atoms with van der Waals surface area (Å²) in [5, 5.41) is 0. The molecule has 0 bridgehead atoms. The second kappa shape index (κ2) is 16.1. The fourth-order valence-corrected chi connectivity index (χ4v) is 2.75. The maximum atomic E-state index is 12.0. The average molecular weight is 440 g/mol. The second-order valence-corrected chi connectivity index (χ2v) is 6.93. The highest BCUT2D eigenvalue weighted by Gasteiger charge is 2.24. The number of ether oxygens (including phenoxy) is 5. The van der Waals surface area contributed by atoms with Gasteiger partial charge in [-0.05, 0) is 32.1 Å². The summed E-state index contributed by atoms with van der Waals surface area (Å²) in [6.45, 7) is 7.40. The van der Waals surface area contributed by atoms with Crippen molar-refractivity contribution >= 4 is 23.9 Å². The second-order valence-electron chi connectivity index (χ2n) is 6.93. The fourth-order valence-electron chi connectivity index (χ4n) is 2.75. The van der Waals surface area contributed by atoms with Crippen LogP contribution in [0.15, 0.2) is 25.3 Å². The van der Waals surface area contributed by atoms with E-state index in [1.807, 2.05) is 0 Å². The van der Waals surface area contributed by atoms with Crippen LogP contribution in [0.2, 0.25) is 0 Å². The monoisotopic (exact) mass is 440 g/mol. The number of esters is 4. The minimum absolute atomic E-state index is 0.200. The third-order valence-corrected chi connectivity index (χ3v) is 4.40. The van der Waals surface area contributed by atoms with E-state index in [0.29, 0.717) is 51.6 Å². The lowest BCUT2D eigenvalue weighted by Gasteiger charge is -2.16. The maximum Gasteiger partial charge on any atom is 0.330 e. The molecule has 0 aliphatic carbocycles. The van der Waals surface area contributed by atoms with Crippen molar-refractivity contribution in [2.45, 2.75) is 70.2 Å². The normalized spacial score (nSPS) is 18.2. The van der Waals surface area contributed by atoms with Crippen molar-refractivity contribution in [1.29, 1.82) is 0 Å². The predicted molar refractivity (Wildman–Crippen MR) is 110 cm³/mol. The van der Waals surface area contributed by atoms with Crippen molar-refractivity contribution in [3.8, 4) is 0 Å². The summed E-state index contributed by atoms with van der Waals surface area (Å²) in [6, 6.07) is 0. The molecule has 9 heteroatoms. The van der Waals surface area contributed by atoms with Gasteiger partial charge in [-0.3, -0.25) is 9.59 Å². The summed E-state index contributed by atoms with van der Waals surface area (Å²) in [5.41, 5.74) is 0. The van der Waals surface area contributed by atoms with Crippen LogP contribution in [0.25, 0.3) is 0 Å². The first-order valence-electron chi connectivity index (χ1n) is 10.5. The first kappa shape index (κ1) is 26.4. The van der Waals surface area contributed by atoms with Crippen LogP contribution < -0.4 is 0 Å². The molecule has 1 heterocycles. The largest absolute Gasteiger partial charge is 0.463 e. The minimum Gasteiger partial charge on any atom is -0.463 e. The van der Waals surface area contributed by atoms with Crippen LogP contribution in [0.5, 0.6) is 0 Å². The van der Waals surface area contributed by atoms with Crippen LogP contribution >= 0.6 is 0 Å². The average Bonchev–Trinajstić information content (AvgIpc) is 2.97. The molecule has 0 aromatic rings. The molecule has 0 saturated carbocycles. The van der Waals surface area contributed by atoms with Gasteiger partial charge >= 0.3 is 23.9 Å². The van der Waals surface area contributed by atoms with Crippen LogP contribution in [0.4, 0.5) is 0 Å². The number of unbranched alkanes of at least 4 members (excludes halogenated alkanes) is 2. The zero-order chi connectivity index (χ0) is 22.9. The Morgan fingerprint density at radius 1 is 0.774 bits per heavy atom. The topological polar surface area (TPSA) is 114 Å². The SMILES string of the molecule is C=CC(=O)OCCCCC(=O)OC1CCOC(OC(=O)CCCCOC(=O)C=C)CC1. The molecule has 9 nitrogen and oxygen atoms in total. The number of rotatable bonds is 14.